The molecule has 0 aromatic rings. The second-order valence-electron chi connectivity index (χ2n) is 8.18. The zero-order valence-corrected chi connectivity index (χ0v) is 14.3. The van der Waals surface area contributed by atoms with Crippen LogP contribution in [-0.2, 0) is 4.79 Å². The van der Waals surface area contributed by atoms with Gasteiger partial charge in [-0.2, -0.15) is 0 Å². The Morgan fingerprint density at radius 3 is 2.65 bits per heavy atom. The van der Waals surface area contributed by atoms with Crippen molar-refractivity contribution in [2.75, 3.05) is 0 Å². The standard InChI is InChI=1S/C19H32O/c1-7-11-18(4,5)15-10-12-19(6)16(13(15)2)8-9-17(19)14(3)20/h9,13,15-16H,7-8,10-12H2,1-6H3/t13?,15?,16?,19-/m0/s1. The molecule has 0 amide bonds. The monoisotopic (exact) mass is 276 g/mol. The van der Waals surface area contributed by atoms with E-state index in [1.807, 2.05) is 0 Å². The van der Waals surface area contributed by atoms with Crippen LogP contribution in [0.15, 0.2) is 11.6 Å². The molecule has 2 aliphatic rings. The maximum Gasteiger partial charge on any atom is 0.156 e. The zero-order valence-electron chi connectivity index (χ0n) is 14.3. The normalized spacial score (nSPS) is 37.5. The fourth-order valence-corrected chi connectivity index (χ4v) is 5.53. The van der Waals surface area contributed by atoms with Gasteiger partial charge in [0.15, 0.2) is 5.78 Å². The minimum atomic E-state index is 0.157. The highest BCUT2D eigenvalue weighted by molar-refractivity contribution is 5.95. The van der Waals surface area contributed by atoms with Crippen LogP contribution < -0.4 is 0 Å². The van der Waals surface area contributed by atoms with E-state index in [1.54, 1.807) is 6.92 Å². The third-order valence-corrected chi connectivity index (χ3v) is 6.53. The lowest BCUT2D eigenvalue weighted by molar-refractivity contribution is -0.115. The van der Waals surface area contributed by atoms with Crippen molar-refractivity contribution in [1.29, 1.82) is 0 Å². The first-order valence-electron chi connectivity index (χ1n) is 8.45. The predicted octanol–water partition coefficient (Wildman–Crippen LogP) is 5.40. The van der Waals surface area contributed by atoms with Gasteiger partial charge in [0.1, 0.15) is 0 Å². The third-order valence-electron chi connectivity index (χ3n) is 6.53. The molecule has 2 aliphatic carbocycles. The van der Waals surface area contributed by atoms with Crippen molar-refractivity contribution in [3.8, 4) is 0 Å². The van der Waals surface area contributed by atoms with Gasteiger partial charge in [-0.1, -0.05) is 47.1 Å². The molecule has 3 unspecified atom stereocenters. The molecule has 0 spiro atoms. The number of Topliss-reactive ketones (excluding diaryl/α,β-unsaturated/α-hetero) is 1. The van der Waals surface area contributed by atoms with Crippen LogP contribution >= 0.6 is 0 Å². The van der Waals surface area contributed by atoms with Gasteiger partial charge in [0.2, 0.25) is 0 Å². The van der Waals surface area contributed by atoms with Crippen LogP contribution in [0.1, 0.15) is 73.6 Å². The molecule has 1 nitrogen and oxygen atoms in total. The maximum atomic E-state index is 11.9. The molecule has 0 bridgehead atoms. The second-order valence-corrected chi connectivity index (χ2v) is 8.18. The molecule has 1 fully saturated rings. The Morgan fingerprint density at radius 2 is 2.10 bits per heavy atom. The van der Waals surface area contributed by atoms with E-state index in [2.05, 4.69) is 40.7 Å². The minimum absolute atomic E-state index is 0.157. The predicted molar refractivity (Wildman–Crippen MR) is 85.6 cm³/mol. The van der Waals surface area contributed by atoms with E-state index >= 15 is 0 Å². The molecule has 0 aromatic heterocycles. The molecule has 0 heterocycles. The van der Waals surface area contributed by atoms with E-state index in [0.29, 0.717) is 17.1 Å². The van der Waals surface area contributed by atoms with Crippen LogP contribution in [0.4, 0.5) is 0 Å². The molecule has 0 aliphatic heterocycles. The van der Waals surface area contributed by atoms with Gasteiger partial charge in [-0.15, -0.1) is 0 Å². The number of carbonyl (C=O) groups is 1. The van der Waals surface area contributed by atoms with Gasteiger partial charge in [-0.25, -0.2) is 0 Å². The molecule has 0 saturated heterocycles. The largest absolute Gasteiger partial charge is 0.295 e. The van der Waals surface area contributed by atoms with Crippen molar-refractivity contribution in [3.05, 3.63) is 11.6 Å². The Kier molecular flexibility index (Phi) is 4.19. The molecular weight excluding hydrogens is 244 g/mol. The van der Waals surface area contributed by atoms with Crippen LogP contribution in [-0.4, -0.2) is 5.78 Å². The lowest BCUT2D eigenvalue weighted by Crippen LogP contribution is -2.44. The van der Waals surface area contributed by atoms with Gasteiger partial charge < -0.3 is 0 Å². The highest BCUT2D eigenvalue weighted by atomic mass is 16.1. The maximum absolute atomic E-state index is 11.9. The first-order chi connectivity index (χ1) is 9.24. The van der Waals surface area contributed by atoms with Crippen molar-refractivity contribution < 1.29 is 4.79 Å². The average molecular weight is 276 g/mol. The van der Waals surface area contributed by atoms with Crippen LogP contribution in [0.25, 0.3) is 0 Å². The third kappa shape index (κ3) is 2.38. The Balaban J connectivity index is 2.22. The van der Waals surface area contributed by atoms with Crippen LogP contribution in [0.3, 0.4) is 0 Å². The summed E-state index contributed by atoms with van der Waals surface area (Å²) in [4.78, 5) is 11.9. The quantitative estimate of drug-likeness (QED) is 0.672. The summed E-state index contributed by atoms with van der Waals surface area (Å²) in [5.74, 6) is 2.51. The van der Waals surface area contributed by atoms with E-state index in [-0.39, 0.29) is 5.41 Å². The van der Waals surface area contributed by atoms with Crippen molar-refractivity contribution in [2.45, 2.75) is 73.6 Å². The van der Waals surface area contributed by atoms with Crippen molar-refractivity contribution >= 4 is 5.78 Å². The number of fused-ring (bicyclic) bond motifs is 1. The zero-order chi connectivity index (χ0) is 15.1. The van der Waals surface area contributed by atoms with Gasteiger partial charge in [0.05, 0.1) is 0 Å². The average Bonchev–Trinajstić information content (AvgIpc) is 2.67. The molecule has 0 radical (unpaired) electrons. The molecule has 114 valence electrons. The SMILES string of the molecule is CCCC(C)(C)C1CC[C@]2(C)C(C(C)=O)=CCC2C1C. The van der Waals surface area contributed by atoms with Gasteiger partial charge in [0.25, 0.3) is 0 Å². The summed E-state index contributed by atoms with van der Waals surface area (Å²) in [6.07, 6.45) is 8.44. The number of carbonyl (C=O) groups excluding carboxylic acids is 1. The number of allylic oxidation sites excluding steroid dienone is 2. The second kappa shape index (κ2) is 5.31. The van der Waals surface area contributed by atoms with Crippen molar-refractivity contribution in [2.24, 2.45) is 28.6 Å². The lowest BCUT2D eigenvalue weighted by atomic mass is 9.53. The summed E-state index contributed by atoms with van der Waals surface area (Å²) < 4.78 is 0. The summed E-state index contributed by atoms with van der Waals surface area (Å²) in [5.41, 5.74) is 1.72. The molecule has 2 rings (SSSR count). The Hall–Kier alpha value is -0.590. The van der Waals surface area contributed by atoms with Crippen LogP contribution in [0, 0.1) is 28.6 Å². The van der Waals surface area contributed by atoms with Crippen LogP contribution in [0.2, 0.25) is 0 Å². The fraction of sp³-hybridized carbons (Fsp3) is 0.842. The Labute approximate surface area is 125 Å². The highest BCUT2D eigenvalue weighted by Crippen LogP contribution is 2.59. The molecule has 0 N–H and O–H groups in total. The van der Waals surface area contributed by atoms with Gasteiger partial charge >= 0.3 is 0 Å². The highest BCUT2D eigenvalue weighted by Gasteiger charge is 2.52. The van der Waals surface area contributed by atoms with E-state index in [1.165, 1.54) is 25.7 Å². The first kappa shape index (κ1) is 15.8. The topological polar surface area (TPSA) is 17.1 Å². The van der Waals surface area contributed by atoms with Crippen molar-refractivity contribution in [1.82, 2.24) is 0 Å². The van der Waals surface area contributed by atoms with Crippen LogP contribution in [0.5, 0.6) is 0 Å². The Morgan fingerprint density at radius 1 is 1.45 bits per heavy atom. The lowest BCUT2D eigenvalue weighted by Gasteiger charge is -2.51. The van der Waals surface area contributed by atoms with E-state index in [4.69, 9.17) is 0 Å². The van der Waals surface area contributed by atoms with Gasteiger partial charge in [-0.3, -0.25) is 4.79 Å². The van der Waals surface area contributed by atoms with E-state index < -0.39 is 0 Å². The smallest absolute Gasteiger partial charge is 0.156 e. The Bertz CT molecular complexity index is 417. The summed E-state index contributed by atoms with van der Waals surface area (Å²) >= 11 is 0. The number of rotatable bonds is 4. The first-order valence-corrected chi connectivity index (χ1v) is 8.45. The summed E-state index contributed by atoms with van der Waals surface area (Å²) in [6.45, 7) is 13.7. The minimum Gasteiger partial charge on any atom is -0.295 e. The van der Waals surface area contributed by atoms with E-state index in [0.717, 1.165) is 23.8 Å². The van der Waals surface area contributed by atoms with Gasteiger partial charge in [-0.05, 0) is 66.8 Å². The number of ketones is 1. The number of hydrogen-bond acceptors (Lipinski definition) is 1. The molecule has 4 atom stereocenters. The molecule has 1 saturated carbocycles. The fourth-order valence-electron chi connectivity index (χ4n) is 5.53. The summed E-state index contributed by atoms with van der Waals surface area (Å²) in [5, 5.41) is 0. The van der Waals surface area contributed by atoms with Gasteiger partial charge in [0, 0.05) is 0 Å². The number of hydrogen-bond donors (Lipinski definition) is 0. The molecular formula is C19H32O. The summed E-state index contributed by atoms with van der Waals surface area (Å²) in [6, 6.07) is 0. The molecule has 20 heavy (non-hydrogen) atoms. The summed E-state index contributed by atoms with van der Waals surface area (Å²) in [7, 11) is 0. The van der Waals surface area contributed by atoms with E-state index in [9.17, 15) is 4.79 Å². The molecule has 1 heteroatoms. The molecule has 0 aromatic carbocycles. The van der Waals surface area contributed by atoms with Crippen molar-refractivity contribution in [3.63, 3.8) is 0 Å².